The van der Waals surface area contributed by atoms with Gasteiger partial charge in [-0.2, -0.15) is 0 Å². The zero-order valence-corrected chi connectivity index (χ0v) is 10.1. The number of sulfone groups is 1. The smallest absolute Gasteiger partial charge is 0.227 e. The Bertz CT molecular complexity index is 360. The fourth-order valence-corrected chi connectivity index (χ4v) is 3.55. The van der Waals surface area contributed by atoms with Crippen molar-refractivity contribution in [3.05, 3.63) is 0 Å². The van der Waals surface area contributed by atoms with E-state index in [1.807, 2.05) is 0 Å². The minimum absolute atomic E-state index is 0.0563. The quantitative estimate of drug-likeness (QED) is 0.660. The highest BCUT2D eigenvalue weighted by molar-refractivity contribution is 7.91. The molecule has 16 heavy (non-hydrogen) atoms. The van der Waals surface area contributed by atoms with E-state index in [9.17, 15) is 13.2 Å². The molecule has 5 nitrogen and oxygen atoms in total. The molecule has 2 rings (SSSR count). The molecule has 0 aromatic heterocycles. The molecule has 2 aliphatic heterocycles. The molecule has 2 heterocycles. The van der Waals surface area contributed by atoms with Crippen molar-refractivity contribution in [2.24, 2.45) is 5.92 Å². The second-order valence-corrected chi connectivity index (χ2v) is 6.82. The number of rotatable bonds is 1. The average Bonchev–Trinajstić information content (AvgIpc) is 2.69. The van der Waals surface area contributed by atoms with E-state index < -0.39 is 9.84 Å². The molecule has 92 valence electrons. The summed E-state index contributed by atoms with van der Waals surface area (Å²) in [5.41, 5.74) is 0. The summed E-state index contributed by atoms with van der Waals surface area (Å²) in [5.74, 6) is 0.529. The molecular formula is C10H18N2O3S. The lowest BCUT2D eigenvalue weighted by Gasteiger charge is -2.22. The molecule has 2 aliphatic rings. The van der Waals surface area contributed by atoms with Gasteiger partial charge in [-0.15, -0.1) is 0 Å². The Morgan fingerprint density at radius 1 is 1.25 bits per heavy atom. The summed E-state index contributed by atoms with van der Waals surface area (Å²) in [6.07, 6.45) is 1.45. The van der Waals surface area contributed by atoms with Crippen LogP contribution in [0.15, 0.2) is 0 Å². The molecule has 0 saturated carbocycles. The second kappa shape index (κ2) is 4.71. The lowest BCUT2D eigenvalue weighted by Crippen LogP contribution is -2.38. The van der Waals surface area contributed by atoms with Gasteiger partial charge in [0.2, 0.25) is 5.91 Å². The fraction of sp³-hybridized carbons (Fsp3) is 0.900. The highest BCUT2D eigenvalue weighted by Gasteiger charge is 2.29. The SMILES string of the molecule is O=C(C1CCNC1)N1CCCS(=O)(=O)CC1. The van der Waals surface area contributed by atoms with Crippen LogP contribution in [0.3, 0.4) is 0 Å². The van der Waals surface area contributed by atoms with E-state index in [-0.39, 0.29) is 23.3 Å². The Morgan fingerprint density at radius 2 is 2.06 bits per heavy atom. The highest BCUT2D eigenvalue weighted by atomic mass is 32.2. The van der Waals surface area contributed by atoms with Crippen LogP contribution in [0.2, 0.25) is 0 Å². The van der Waals surface area contributed by atoms with E-state index in [1.165, 1.54) is 0 Å². The third-order valence-corrected chi connectivity index (χ3v) is 4.99. The largest absolute Gasteiger partial charge is 0.341 e. The first-order valence-electron chi connectivity index (χ1n) is 5.78. The Labute approximate surface area is 96.1 Å². The molecule has 1 atom stereocenters. The molecule has 0 bridgehead atoms. The molecule has 1 N–H and O–H groups in total. The third-order valence-electron chi connectivity index (χ3n) is 3.28. The average molecular weight is 246 g/mol. The van der Waals surface area contributed by atoms with Crippen molar-refractivity contribution >= 4 is 15.7 Å². The Balaban J connectivity index is 1.96. The van der Waals surface area contributed by atoms with Gasteiger partial charge in [0.15, 0.2) is 9.84 Å². The lowest BCUT2D eigenvalue weighted by molar-refractivity contribution is -0.134. The van der Waals surface area contributed by atoms with Crippen molar-refractivity contribution in [2.45, 2.75) is 12.8 Å². The van der Waals surface area contributed by atoms with Crippen molar-refractivity contribution < 1.29 is 13.2 Å². The van der Waals surface area contributed by atoms with E-state index in [0.717, 1.165) is 19.5 Å². The van der Waals surface area contributed by atoms with Gasteiger partial charge in [0.1, 0.15) is 0 Å². The van der Waals surface area contributed by atoms with Gasteiger partial charge in [0, 0.05) is 19.6 Å². The Kier molecular flexibility index (Phi) is 3.49. The summed E-state index contributed by atoms with van der Waals surface area (Å²) >= 11 is 0. The summed E-state index contributed by atoms with van der Waals surface area (Å²) in [4.78, 5) is 13.8. The summed E-state index contributed by atoms with van der Waals surface area (Å²) < 4.78 is 22.8. The zero-order chi connectivity index (χ0) is 11.6. The van der Waals surface area contributed by atoms with Gasteiger partial charge < -0.3 is 10.2 Å². The number of hydrogen-bond acceptors (Lipinski definition) is 4. The van der Waals surface area contributed by atoms with Crippen LogP contribution in [-0.2, 0) is 14.6 Å². The van der Waals surface area contributed by atoms with Gasteiger partial charge in [-0.3, -0.25) is 4.79 Å². The van der Waals surface area contributed by atoms with Gasteiger partial charge in [-0.1, -0.05) is 0 Å². The Morgan fingerprint density at radius 3 is 2.75 bits per heavy atom. The van der Waals surface area contributed by atoms with Crippen LogP contribution in [-0.4, -0.2) is 56.9 Å². The predicted octanol–water partition coefficient (Wildman–Crippen LogP) is -0.757. The van der Waals surface area contributed by atoms with E-state index in [2.05, 4.69) is 5.32 Å². The number of amides is 1. The molecule has 6 heteroatoms. The monoisotopic (exact) mass is 246 g/mol. The number of nitrogens with one attached hydrogen (secondary N) is 1. The first kappa shape index (κ1) is 11.9. The fourth-order valence-electron chi connectivity index (χ4n) is 2.28. The van der Waals surface area contributed by atoms with Gasteiger partial charge in [-0.25, -0.2) is 8.42 Å². The van der Waals surface area contributed by atoms with Crippen molar-refractivity contribution in [2.75, 3.05) is 37.7 Å². The van der Waals surface area contributed by atoms with Gasteiger partial charge in [-0.05, 0) is 19.4 Å². The van der Waals surface area contributed by atoms with Crippen molar-refractivity contribution in [1.82, 2.24) is 10.2 Å². The highest BCUT2D eigenvalue weighted by Crippen LogP contribution is 2.14. The third kappa shape index (κ3) is 2.74. The van der Waals surface area contributed by atoms with Gasteiger partial charge >= 0.3 is 0 Å². The van der Waals surface area contributed by atoms with Crippen molar-refractivity contribution in [3.63, 3.8) is 0 Å². The molecule has 0 radical (unpaired) electrons. The van der Waals surface area contributed by atoms with Crippen LogP contribution >= 0.6 is 0 Å². The van der Waals surface area contributed by atoms with Crippen LogP contribution in [0.1, 0.15) is 12.8 Å². The minimum atomic E-state index is -2.92. The zero-order valence-electron chi connectivity index (χ0n) is 9.31. The number of nitrogens with zero attached hydrogens (tertiary/aromatic N) is 1. The molecule has 1 amide bonds. The van der Waals surface area contributed by atoms with Crippen LogP contribution in [0.5, 0.6) is 0 Å². The number of carbonyl (C=O) groups excluding carboxylic acids is 1. The molecule has 2 saturated heterocycles. The molecule has 0 spiro atoms. The predicted molar refractivity (Wildman–Crippen MR) is 60.8 cm³/mol. The van der Waals surface area contributed by atoms with Gasteiger partial charge in [0.05, 0.1) is 17.4 Å². The lowest BCUT2D eigenvalue weighted by atomic mass is 10.1. The van der Waals surface area contributed by atoms with Crippen LogP contribution in [0, 0.1) is 5.92 Å². The molecule has 0 aromatic carbocycles. The summed E-state index contributed by atoms with van der Waals surface area (Å²) in [6.45, 7) is 2.59. The van der Waals surface area contributed by atoms with Gasteiger partial charge in [0.25, 0.3) is 0 Å². The number of carbonyl (C=O) groups is 1. The van der Waals surface area contributed by atoms with E-state index >= 15 is 0 Å². The maximum atomic E-state index is 12.1. The maximum absolute atomic E-state index is 12.1. The van der Waals surface area contributed by atoms with E-state index in [0.29, 0.717) is 19.5 Å². The number of hydrogen-bond donors (Lipinski definition) is 1. The second-order valence-electron chi connectivity index (χ2n) is 4.52. The maximum Gasteiger partial charge on any atom is 0.227 e. The molecule has 1 unspecified atom stereocenters. The topological polar surface area (TPSA) is 66.5 Å². The normalized spacial score (nSPS) is 30.0. The summed E-state index contributed by atoms with van der Waals surface area (Å²) in [6, 6.07) is 0. The minimum Gasteiger partial charge on any atom is -0.341 e. The first-order valence-corrected chi connectivity index (χ1v) is 7.60. The van der Waals surface area contributed by atoms with E-state index in [1.54, 1.807) is 4.90 Å². The molecular weight excluding hydrogens is 228 g/mol. The van der Waals surface area contributed by atoms with E-state index in [4.69, 9.17) is 0 Å². The van der Waals surface area contributed by atoms with Crippen molar-refractivity contribution in [1.29, 1.82) is 0 Å². The Hall–Kier alpha value is -0.620. The molecule has 0 aliphatic carbocycles. The molecule has 2 fully saturated rings. The standard InChI is InChI=1S/C10H18N2O3S/c13-10(9-2-3-11-8-9)12-4-1-6-16(14,15)7-5-12/h9,11H,1-8H2. The summed E-state index contributed by atoms with van der Waals surface area (Å²) in [5, 5.41) is 3.16. The molecule has 0 aromatic rings. The van der Waals surface area contributed by atoms with Crippen LogP contribution in [0.25, 0.3) is 0 Å². The van der Waals surface area contributed by atoms with Crippen molar-refractivity contribution in [3.8, 4) is 0 Å². The summed E-state index contributed by atoms with van der Waals surface area (Å²) in [7, 11) is -2.92. The van der Waals surface area contributed by atoms with Crippen LogP contribution < -0.4 is 5.32 Å². The first-order chi connectivity index (χ1) is 7.58. The van der Waals surface area contributed by atoms with Crippen LogP contribution in [0.4, 0.5) is 0 Å².